The predicted molar refractivity (Wildman–Crippen MR) is 110 cm³/mol. The van der Waals surface area contributed by atoms with Gasteiger partial charge in [-0.2, -0.15) is 0 Å². The third-order valence-electron chi connectivity index (χ3n) is 6.38. The van der Waals surface area contributed by atoms with Crippen molar-refractivity contribution in [1.29, 1.82) is 0 Å². The van der Waals surface area contributed by atoms with Crippen molar-refractivity contribution in [3.63, 3.8) is 0 Å². The first kappa shape index (κ1) is 18.9. The van der Waals surface area contributed by atoms with Gasteiger partial charge in [-0.1, -0.05) is 31.2 Å². The van der Waals surface area contributed by atoms with Crippen LogP contribution in [0.4, 0.5) is 0 Å². The lowest BCUT2D eigenvalue weighted by molar-refractivity contribution is 0.138. The largest absolute Gasteiger partial charge is 0.312 e. The van der Waals surface area contributed by atoms with Crippen LogP contribution in [-0.4, -0.2) is 47.6 Å². The number of rotatable bonds is 1. The molecule has 134 valence electrons. The molecule has 1 aliphatic carbocycles. The van der Waals surface area contributed by atoms with Crippen molar-refractivity contribution in [3.8, 4) is 0 Å². The molecule has 0 aromatic heterocycles. The molecule has 3 aliphatic heterocycles. The van der Waals surface area contributed by atoms with Gasteiger partial charge in [-0.25, -0.2) is 0 Å². The van der Waals surface area contributed by atoms with E-state index in [9.17, 15) is 0 Å². The zero-order valence-corrected chi connectivity index (χ0v) is 17.9. The lowest BCUT2D eigenvalue weighted by Gasteiger charge is -2.41. The van der Waals surface area contributed by atoms with E-state index in [0.717, 1.165) is 32.3 Å². The van der Waals surface area contributed by atoms with E-state index in [2.05, 4.69) is 33.0 Å². The van der Waals surface area contributed by atoms with E-state index in [4.69, 9.17) is 0 Å². The van der Waals surface area contributed by atoms with Crippen molar-refractivity contribution in [3.05, 3.63) is 0 Å². The Labute approximate surface area is 149 Å². The minimum atomic E-state index is 0.806. The van der Waals surface area contributed by atoms with E-state index in [-0.39, 0.29) is 0 Å². The van der Waals surface area contributed by atoms with Crippen molar-refractivity contribution in [2.75, 3.05) is 26.2 Å². The highest BCUT2D eigenvalue weighted by atomic mass is 32.0. The summed E-state index contributed by atoms with van der Waals surface area (Å²) in [5.74, 6) is 2.02. The highest BCUT2D eigenvalue weighted by Gasteiger charge is 2.31. The minimum Gasteiger partial charge on any atom is -0.312 e. The van der Waals surface area contributed by atoms with Crippen LogP contribution in [0.15, 0.2) is 0 Å². The summed E-state index contributed by atoms with van der Waals surface area (Å²) in [6.45, 7) is 5.16. The standard InChI is InChI=1S/C9H18NP.C8H18N2P2/c11-10-7-3-5-8-4-1-2-6-9(8)10;11-12-10-5-3-7-2-1-4-9-8(7)6-10/h8-9H,1-7,11H2;7-9,12H,1-6,11H2. The molecule has 6 heteroatoms. The normalized spacial score (nSPS) is 39.4. The van der Waals surface area contributed by atoms with Gasteiger partial charge in [0.25, 0.3) is 0 Å². The van der Waals surface area contributed by atoms with E-state index < -0.39 is 0 Å². The Morgan fingerprint density at radius 3 is 2.48 bits per heavy atom. The number of hydrogen-bond acceptors (Lipinski definition) is 3. The first-order chi connectivity index (χ1) is 11.3. The van der Waals surface area contributed by atoms with Crippen LogP contribution in [-0.2, 0) is 0 Å². The van der Waals surface area contributed by atoms with E-state index in [1.807, 2.05) is 0 Å². The van der Waals surface area contributed by atoms with Crippen molar-refractivity contribution in [1.82, 2.24) is 14.7 Å². The van der Waals surface area contributed by atoms with E-state index in [1.54, 1.807) is 0 Å². The number of fused-ring (bicyclic) bond motifs is 2. The molecule has 3 nitrogen and oxygen atoms in total. The van der Waals surface area contributed by atoms with Gasteiger partial charge in [0.05, 0.1) is 0 Å². The second-order valence-corrected chi connectivity index (χ2v) is 10.1. The van der Waals surface area contributed by atoms with Gasteiger partial charge in [-0.15, -0.1) is 0 Å². The van der Waals surface area contributed by atoms with Gasteiger partial charge in [-0.3, -0.25) is 9.34 Å². The van der Waals surface area contributed by atoms with Crippen molar-refractivity contribution < 1.29 is 0 Å². The van der Waals surface area contributed by atoms with Crippen LogP contribution in [0.25, 0.3) is 0 Å². The zero-order valence-electron chi connectivity index (χ0n) is 14.6. The first-order valence-electron chi connectivity index (χ1n) is 9.74. The molecule has 4 aliphatic rings. The Bertz CT molecular complexity index is 356. The van der Waals surface area contributed by atoms with Gasteiger partial charge < -0.3 is 5.32 Å². The van der Waals surface area contributed by atoms with E-state index >= 15 is 0 Å². The van der Waals surface area contributed by atoms with E-state index in [1.165, 1.54) is 84.0 Å². The molecule has 0 aromatic rings. The Balaban J connectivity index is 0.000000136. The van der Waals surface area contributed by atoms with Gasteiger partial charge in [0.15, 0.2) is 0 Å². The highest BCUT2D eigenvalue weighted by molar-refractivity contribution is 8.01. The van der Waals surface area contributed by atoms with Gasteiger partial charge >= 0.3 is 0 Å². The molecule has 1 saturated carbocycles. The topological polar surface area (TPSA) is 18.5 Å². The quantitative estimate of drug-likeness (QED) is 0.702. The summed E-state index contributed by atoms with van der Waals surface area (Å²) in [4.78, 5) is 0. The average molecular weight is 375 g/mol. The summed E-state index contributed by atoms with van der Waals surface area (Å²) in [5.41, 5.74) is 0. The van der Waals surface area contributed by atoms with Crippen molar-refractivity contribution >= 4 is 26.7 Å². The third kappa shape index (κ3) is 5.32. The van der Waals surface area contributed by atoms with Gasteiger partial charge in [0.1, 0.15) is 0 Å². The summed E-state index contributed by atoms with van der Waals surface area (Å²) in [7, 11) is 6.69. The molecule has 0 bridgehead atoms. The van der Waals surface area contributed by atoms with Gasteiger partial charge in [0.2, 0.25) is 0 Å². The first-order valence-corrected chi connectivity index (χ1v) is 13.0. The molecule has 0 spiro atoms. The molecule has 0 radical (unpaired) electrons. The molecule has 7 atom stereocenters. The van der Waals surface area contributed by atoms with Crippen LogP contribution in [0.5, 0.6) is 0 Å². The van der Waals surface area contributed by atoms with Crippen LogP contribution < -0.4 is 5.32 Å². The number of hydrogen-bond donors (Lipinski definition) is 1. The molecule has 23 heavy (non-hydrogen) atoms. The lowest BCUT2D eigenvalue weighted by atomic mass is 9.79. The van der Waals surface area contributed by atoms with Crippen LogP contribution >= 0.6 is 26.7 Å². The average Bonchev–Trinajstić information content (AvgIpc) is 2.62. The second-order valence-electron chi connectivity index (χ2n) is 7.82. The summed E-state index contributed by atoms with van der Waals surface area (Å²) in [5, 5.41) is 3.64. The highest BCUT2D eigenvalue weighted by Crippen LogP contribution is 2.36. The van der Waals surface area contributed by atoms with Gasteiger partial charge in [-0.05, 0) is 71.7 Å². The maximum Gasteiger partial charge on any atom is 0.0227 e. The van der Waals surface area contributed by atoms with Crippen LogP contribution in [0.2, 0.25) is 0 Å². The molecular weight excluding hydrogens is 339 g/mol. The molecule has 0 aromatic carbocycles. The summed E-state index contributed by atoms with van der Waals surface area (Å²) < 4.78 is 5.07. The molecular formula is C17H36N3P3. The summed E-state index contributed by atoms with van der Waals surface area (Å²) in [6, 6.07) is 1.73. The molecule has 1 N–H and O–H groups in total. The van der Waals surface area contributed by atoms with Gasteiger partial charge in [0, 0.05) is 31.7 Å². The van der Waals surface area contributed by atoms with Crippen LogP contribution in [0, 0.1) is 11.8 Å². The molecule has 0 amide bonds. The minimum absolute atomic E-state index is 0.806. The molecule has 7 unspecified atom stereocenters. The summed E-state index contributed by atoms with van der Waals surface area (Å²) >= 11 is 0. The Kier molecular flexibility index (Phi) is 8.03. The number of nitrogens with one attached hydrogen (secondary N) is 1. The lowest BCUT2D eigenvalue weighted by Crippen LogP contribution is -2.51. The summed E-state index contributed by atoms with van der Waals surface area (Å²) in [6.07, 6.45) is 13.1. The number of nitrogens with zero attached hydrogens (tertiary/aromatic N) is 2. The van der Waals surface area contributed by atoms with Crippen LogP contribution in [0.3, 0.4) is 0 Å². The molecule has 3 saturated heterocycles. The maximum absolute atomic E-state index is 3.64. The third-order valence-corrected chi connectivity index (χ3v) is 8.89. The fourth-order valence-corrected chi connectivity index (χ4v) is 6.85. The fraction of sp³-hybridized carbons (Fsp3) is 1.00. The molecule has 4 fully saturated rings. The van der Waals surface area contributed by atoms with Crippen molar-refractivity contribution in [2.24, 2.45) is 11.8 Å². The Morgan fingerprint density at radius 1 is 0.870 bits per heavy atom. The molecule has 4 rings (SSSR count). The Morgan fingerprint density at radius 2 is 1.65 bits per heavy atom. The smallest absolute Gasteiger partial charge is 0.0227 e. The monoisotopic (exact) mass is 375 g/mol. The predicted octanol–water partition coefficient (Wildman–Crippen LogP) is 3.88. The van der Waals surface area contributed by atoms with E-state index in [0.29, 0.717) is 0 Å². The number of piperidine rings is 3. The second kappa shape index (κ2) is 9.75. The van der Waals surface area contributed by atoms with Crippen molar-refractivity contribution in [2.45, 2.75) is 69.9 Å². The SMILES string of the molecule is PN1CCCC2CCCCC21.PPN1CCC2CCCNC2C1. The maximum atomic E-state index is 3.64. The fourth-order valence-electron chi connectivity index (χ4n) is 5.01. The zero-order chi connectivity index (χ0) is 16.1. The molecule has 3 heterocycles. The Hall–Kier alpha value is 1.17. The van der Waals surface area contributed by atoms with Crippen LogP contribution in [0.1, 0.15) is 57.8 Å².